The first kappa shape index (κ1) is 10.2. The summed E-state index contributed by atoms with van der Waals surface area (Å²) in [7, 11) is 0. The van der Waals surface area contributed by atoms with Crippen LogP contribution in [0.1, 0.15) is 0 Å². The predicted octanol–water partition coefficient (Wildman–Crippen LogP) is 2.84. The SMILES string of the molecule is Ic1cc2cnnnc2c(I)c1I. The number of benzene rings is 1. The molecule has 6 heteroatoms. The maximum atomic E-state index is 4.01. The van der Waals surface area contributed by atoms with Crippen molar-refractivity contribution in [1.82, 2.24) is 15.4 Å². The topological polar surface area (TPSA) is 38.7 Å². The molecule has 0 aliphatic carbocycles. The van der Waals surface area contributed by atoms with Crippen LogP contribution in [0.3, 0.4) is 0 Å². The van der Waals surface area contributed by atoms with Crippen molar-refractivity contribution in [3.8, 4) is 0 Å². The van der Waals surface area contributed by atoms with Crippen molar-refractivity contribution in [1.29, 1.82) is 0 Å². The van der Waals surface area contributed by atoms with Gasteiger partial charge in [0, 0.05) is 12.5 Å². The van der Waals surface area contributed by atoms with Gasteiger partial charge in [-0.1, -0.05) is 0 Å². The van der Waals surface area contributed by atoms with Gasteiger partial charge in [0.15, 0.2) is 0 Å². The molecule has 0 spiro atoms. The van der Waals surface area contributed by atoms with Gasteiger partial charge in [-0.15, -0.1) is 10.2 Å². The minimum Gasteiger partial charge on any atom is -0.138 e. The van der Waals surface area contributed by atoms with Gasteiger partial charge in [0.05, 0.1) is 9.77 Å². The molecule has 13 heavy (non-hydrogen) atoms. The highest BCUT2D eigenvalue weighted by atomic mass is 127. The first-order valence-corrected chi connectivity index (χ1v) is 6.55. The lowest BCUT2D eigenvalue weighted by Crippen LogP contribution is -1.94. The van der Waals surface area contributed by atoms with E-state index < -0.39 is 0 Å². The normalized spacial score (nSPS) is 10.7. The van der Waals surface area contributed by atoms with Crippen molar-refractivity contribution in [2.45, 2.75) is 0 Å². The minimum absolute atomic E-state index is 0.931. The Morgan fingerprint density at radius 1 is 1.08 bits per heavy atom. The highest BCUT2D eigenvalue weighted by molar-refractivity contribution is 14.1. The van der Waals surface area contributed by atoms with Gasteiger partial charge in [0.25, 0.3) is 0 Å². The third-order valence-electron chi connectivity index (χ3n) is 1.56. The van der Waals surface area contributed by atoms with Crippen LogP contribution in [-0.4, -0.2) is 15.4 Å². The molecule has 2 aromatic rings. The summed E-state index contributed by atoms with van der Waals surface area (Å²) in [5.41, 5.74) is 0.931. The van der Waals surface area contributed by atoms with Gasteiger partial charge in [-0.2, -0.15) is 0 Å². The maximum Gasteiger partial charge on any atom is 0.111 e. The Balaban J connectivity index is 2.94. The highest BCUT2D eigenvalue weighted by Crippen LogP contribution is 2.27. The van der Waals surface area contributed by atoms with Gasteiger partial charge in [-0.3, -0.25) is 0 Å². The largest absolute Gasteiger partial charge is 0.138 e. The average molecular weight is 509 g/mol. The first-order chi connectivity index (χ1) is 6.20. The average Bonchev–Trinajstić information content (AvgIpc) is 2.15. The molecule has 0 aliphatic rings. The Bertz CT molecular complexity index is 472. The van der Waals surface area contributed by atoms with E-state index in [0.29, 0.717) is 0 Å². The van der Waals surface area contributed by atoms with E-state index in [4.69, 9.17) is 0 Å². The number of rotatable bonds is 0. The van der Waals surface area contributed by atoms with E-state index in [1.807, 2.05) is 0 Å². The van der Waals surface area contributed by atoms with Crippen LogP contribution >= 0.6 is 67.8 Å². The molecule has 3 nitrogen and oxygen atoms in total. The van der Waals surface area contributed by atoms with Crippen LogP contribution in [-0.2, 0) is 0 Å². The molecule has 0 aliphatic heterocycles. The van der Waals surface area contributed by atoms with E-state index in [-0.39, 0.29) is 0 Å². The fourth-order valence-corrected chi connectivity index (χ4v) is 3.20. The third-order valence-corrected chi connectivity index (χ3v) is 6.64. The summed E-state index contributed by atoms with van der Waals surface area (Å²) >= 11 is 6.91. The summed E-state index contributed by atoms with van der Waals surface area (Å²) in [6, 6.07) is 2.07. The molecular weight excluding hydrogens is 507 g/mol. The van der Waals surface area contributed by atoms with E-state index in [0.717, 1.165) is 14.5 Å². The fourth-order valence-electron chi connectivity index (χ4n) is 0.962. The number of fused-ring (bicyclic) bond motifs is 1. The monoisotopic (exact) mass is 509 g/mol. The Labute approximate surface area is 115 Å². The highest BCUT2D eigenvalue weighted by Gasteiger charge is 2.08. The summed E-state index contributed by atoms with van der Waals surface area (Å²) in [6.45, 7) is 0. The predicted molar refractivity (Wildman–Crippen MR) is 75.5 cm³/mol. The van der Waals surface area contributed by atoms with Gasteiger partial charge < -0.3 is 0 Å². The number of hydrogen-bond acceptors (Lipinski definition) is 3. The van der Waals surface area contributed by atoms with Crippen molar-refractivity contribution in [3.63, 3.8) is 0 Å². The van der Waals surface area contributed by atoms with Crippen LogP contribution in [0.25, 0.3) is 10.9 Å². The Morgan fingerprint density at radius 3 is 2.62 bits per heavy atom. The summed E-state index contributed by atoms with van der Waals surface area (Å²) < 4.78 is 3.60. The minimum atomic E-state index is 0.931. The van der Waals surface area contributed by atoms with Crippen molar-refractivity contribution in [2.75, 3.05) is 0 Å². The second-order valence-electron chi connectivity index (χ2n) is 2.36. The van der Waals surface area contributed by atoms with Crippen molar-refractivity contribution >= 4 is 78.7 Å². The molecule has 0 saturated carbocycles. The standard InChI is InChI=1S/C7H2I3N3/c8-4-1-3-2-11-13-12-7(3)6(10)5(4)9/h1-2H. The molecular formula is C7H2I3N3. The second kappa shape index (κ2) is 4.04. The van der Waals surface area contributed by atoms with Crippen LogP contribution in [0.2, 0.25) is 0 Å². The molecule has 0 N–H and O–H groups in total. The molecule has 0 amide bonds. The summed E-state index contributed by atoms with van der Waals surface area (Å²) in [6.07, 6.45) is 1.74. The fraction of sp³-hybridized carbons (Fsp3) is 0. The maximum absolute atomic E-state index is 4.01. The van der Waals surface area contributed by atoms with Gasteiger partial charge in [-0.25, -0.2) is 0 Å². The van der Waals surface area contributed by atoms with Crippen molar-refractivity contribution in [3.05, 3.63) is 23.0 Å². The first-order valence-electron chi connectivity index (χ1n) is 3.31. The lowest BCUT2D eigenvalue weighted by Gasteiger charge is -2.02. The lowest BCUT2D eigenvalue weighted by molar-refractivity contribution is 0.893. The Morgan fingerprint density at radius 2 is 1.85 bits per heavy atom. The van der Waals surface area contributed by atoms with E-state index in [2.05, 4.69) is 89.2 Å². The third kappa shape index (κ3) is 1.89. The van der Waals surface area contributed by atoms with E-state index in [9.17, 15) is 0 Å². The molecule has 66 valence electrons. The van der Waals surface area contributed by atoms with E-state index in [1.165, 1.54) is 7.14 Å². The molecule has 0 saturated heterocycles. The molecule has 0 fully saturated rings. The van der Waals surface area contributed by atoms with Crippen LogP contribution < -0.4 is 0 Å². The van der Waals surface area contributed by atoms with Crippen LogP contribution in [0, 0.1) is 10.7 Å². The van der Waals surface area contributed by atoms with Gasteiger partial charge in [0.2, 0.25) is 0 Å². The number of hydrogen-bond donors (Lipinski definition) is 0. The number of nitrogens with zero attached hydrogens (tertiary/aromatic N) is 3. The zero-order valence-corrected chi connectivity index (χ0v) is 12.6. The zero-order chi connectivity index (χ0) is 9.42. The zero-order valence-electron chi connectivity index (χ0n) is 6.13. The van der Waals surface area contributed by atoms with E-state index in [1.54, 1.807) is 6.20 Å². The van der Waals surface area contributed by atoms with Crippen molar-refractivity contribution < 1.29 is 0 Å². The van der Waals surface area contributed by atoms with Gasteiger partial charge in [0.1, 0.15) is 5.52 Å². The number of aromatic nitrogens is 3. The number of halogens is 3. The Kier molecular flexibility index (Phi) is 3.18. The van der Waals surface area contributed by atoms with Crippen LogP contribution in [0.5, 0.6) is 0 Å². The van der Waals surface area contributed by atoms with Gasteiger partial charge in [-0.05, 0) is 79.1 Å². The molecule has 0 atom stereocenters. The van der Waals surface area contributed by atoms with E-state index >= 15 is 0 Å². The van der Waals surface area contributed by atoms with Crippen LogP contribution in [0.4, 0.5) is 0 Å². The molecule has 1 heterocycles. The Hall–Kier alpha value is 0.680. The van der Waals surface area contributed by atoms with Crippen molar-refractivity contribution in [2.24, 2.45) is 0 Å². The second-order valence-corrected chi connectivity index (χ2v) is 5.68. The molecule has 0 unspecified atom stereocenters. The summed E-state index contributed by atoms with van der Waals surface area (Å²) in [5, 5.41) is 12.4. The lowest BCUT2D eigenvalue weighted by atomic mass is 10.2. The molecule has 2 rings (SSSR count). The van der Waals surface area contributed by atoms with Gasteiger partial charge >= 0.3 is 0 Å². The molecule has 0 bridgehead atoms. The molecule has 1 aromatic carbocycles. The summed E-state index contributed by atoms with van der Waals surface area (Å²) in [5.74, 6) is 0. The quantitative estimate of drug-likeness (QED) is 0.406. The smallest absolute Gasteiger partial charge is 0.111 e. The molecule has 0 radical (unpaired) electrons. The molecule has 1 aromatic heterocycles. The summed E-state index contributed by atoms with van der Waals surface area (Å²) in [4.78, 5) is 0. The van der Waals surface area contributed by atoms with Crippen LogP contribution in [0.15, 0.2) is 12.3 Å².